The predicted molar refractivity (Wildman–Crippen MR) is 109 cm³/mol. The molecule has 0 rings (SSSR count). The normalized spacial score (nSPS) is 13.0. The summed E-state index contributed by atoms with van der Waals surface area (Å²) in [6.07, 6.45) is 0. The second kappa shape index (κ2) is 12.6. The van der Waals surface area contributed by atoms with Crippen LogP contribution < -0.4 is 0 Å². The fourth-order valence-corrected chi connectivity index (χ4v) is 10.6. The van der Waals surface area contributed by atoms with Crippen molar-refractivity contribution in [3.63, 3.8) is 0 Å². The van der Waals surface area contributed by atoms with Crippen LogP contribution in [-0.2, 0) is 17.7 Å². The van der Waals surface area contributed by atoms with Gasteiger partial charge in [0.1, 0.15) is 0 Å². The Kier molecular flexibility index (Phi) is 13.9. The van der Waals surface area contributed by atoms with E-state index in [-0.39, 0.29) is 0 Å². The van der Waals surface area contributed by atoms with Crippen LogP contribution in [0.4, 0.5) is 0 Å². The molecule has 0 bridgehead atoms. The molecule has 0 aromatic carbocycles. The van der Waals surface area contributed by atoms with Gasteiger partial charge in [-0.25, -0.2) is 0 Å². The van der Waals surface area contributed by atoms with E-state index in [2.05, 4.69) is 55.4 Å². The van der Waals surface area contributed by atoms with Gasteiger partial charge in [-0.15, -0.1) is 0 Å². The molecule has 0 aromatic rings. The standard InChI is InChI=1S/C10H24O2Si.C8H20O2Si/c1-7-11-13(9(3)4,10(5)6)12-8-2;1-7(2)11(9-5,10-6)8(3)4/h9-10H,7-8H2,1-6H3;7-8H,1-6H3. The first-order valence-corrected chi connectivity index (χ1v) is 13.3. The third-order valence-electron chi connectivity index (χ3n) is 4.60. The Bertz CT molecular complexity index is 277. The van der Waals surface area contributed by atoms with E-state index in [1.165, 1.54) is 0 Å². The van der Waals surface area contributed by atoms with Crippen molar-refractivity contribution < 1.29 is 17.7 Å². The molecule has 0 radical (unpaired) electrons. The van der Waals surface area contributed by atoms with E-state index in [0.717, 1.165) is 13.2 Å². The van der Waals surface area contributed by atoms with Gasteiger partial charge in [-0.2, -0.15) is 0 Å². The Hall–Kier alpha value is 0.274. The first-order chi connectivity index (χ1) is 11.0. The van der Waals surface area contributed by atoms with E-state index in [9.17, 15) is 0 Å². The van der Waals surface area contributed by atoms with Gasteiger partial charge < -0.3 is 17.7 Å². The molecule has 148 valence electrons. The van der Waals surface area contributed by atoms with Gasteiger partial charge in [0.15, 0.2) is 0 Å². The zero-order chi connectivity index (χ0) is 19.6. The largest absolute Gasteiger partial charge is 0.397 e. The van der Waals surface area contributed by atoms with E-state index in [4.69, 9.17) is 17.7 Å². The number of rotatable bonds is 10. The van der Waals surface area contributed by atoms with E-state index in [1.807, 2.05) is 13.8 Å². The molecule has 0 spiro atoms. The smallest absolute Gasteiger partial charge is 0.343 e. The molecule has 24 heavy (non-hydrogen) atoms. The highest BCUT2D eigenvalue weighted by Crippen LogP contribution is 2.34. The summed E-state index contributed by atoms with van der Waals surface area (Å²) in [6, 6.07) is 0. The van der Waals surface area contributed by atoms with Crippen molar-refractivity contribution in [3.05, 3.63) is 0 Å². The van der Waals surface area contributed by atoms with E-state index in [1.54, 1.807) is 14.2 Å². The van der Waals surface area contributed by atoms with Crippen molar-refractivity contribution in [1.82, 2.24) is 0 Å². The van der Waals surface area contributed by atoms with Crippen LogP contribution in [0.3, 0.4) is 0 Å². The minimum atomic E-state index is -1.95. The number of hydrogen-bond acceptors (Lipinski definition) is 4. The van der Waals surface area contributed by atoms with E-state index in [0.29, 0.717) is 22.2 Å². The minimum Gasteiger partial charge on any atom is -0.397 e. The first kappa shape index (κ1) is 26.5. The van der Waals surface area contributed by atoms with Gasteiger partial charge in [0, 0.05) is 27.4 Å². The fraction of sp³-hybridized carbons (Fsp3) is 1.00. The zero-order valence-electron chi connectivity index (χ0n) is 18.4. The molecule has 6 heteroatoms. The molecule has 0 amide bonds. The van der Waals surface area contributed by atoms with Crippen LogP contribution in [0.5, 0.6) is 0 Å². The van der Waals surface area contributed by atoms with Crippen LogP contribution in [0.25, 0.3) is 0 Å². The van der Waals surface area contributed by atoms with Crippen LogP contribution in [-0.4, -0.2) is 44.6 Å². The Morgan fingerprint density at radius 2 is 0.792 bits per heavy atom. The van der Waals surface area contributed by atoms with Crippen molar-refractivity contribution in [1.29, 1.82) is 0 Å². The van der Waals surface area contributed by atoms with Gasteiger partial charge in [0.05, 0.1) is 0 Å². The molecule has 0 saturated carbocycles. The Morgan fingerprint density at radius 1 is 0.542 bits per heavy atom. The lowest BCUT2D eigenvalue weighted by Gasteiger charge is -2.36. The minimum absolute atomic E-state index is 0.512. The molecule has 4 nitrogen and oxygen atoms in total. The summed E-state index contributed by atoms with van der Waals surface area (Å²) in [4.78, 5) is 0. The Morgan fingerprint density at radius 3 is 0.875 bits per heavy atom. The molecule has 0 fully saturated rings. The molecule has 0 aliphatic carbocycles. The fourth-order valence-electron chi connectivity index (χ4n) is 3.52. The van der Waals surface area contributed by atoms with Crippen molar-refractivity contribution in [2.75, 3.05) is 27.4 Å². The van der Waals surface area contributed by atoms with Gasteiger partial charge in [0.2, 0.25) is 0 Å². The summed E-state index contributed by atoms with van der Waals surface area (Å²) in [6.45, 7) is 23.1. The average molecular weight is 381 g/mol. The molecule has 0 aromatic heterocycles. The molecule has 0 unspecified atom stereocenters. The van der Waals surface area contributed by atoms with Gasteiger partial charge >= 0.3 is 17.1 Å². The molecular weight excluding hydrogens is 336 g/mol. The maximum atomic E-state index is 5.91. The first-order valence-electron chi connectivity index (χ1n) is 9.40. The third-order valence-corrected chi connectivity index (χ3v) is 13.8. The lowest BCUT2D eigenvalue weighted by Crippen LogP contribution is -2.48. The van der Waals surface area contributed by atoms with Crippen LogP contribution >= 0.6 is 0 Å². The summed E-state index contributed by atoms with van der Waals surface area (Å²) in [5.41, 5.74) is 2.06. The predicted octanol–water partition coefficient (Wildman–Crippen LogP) is 5.86. The molecule has 0 heterocycles. The Labute approximate surface area is 154 Å². The van der Waals surface area contributed by atoms with Crippen molar-refractivity contribution in [2.24, 2.45) is 0 Å². The molecule has 0 atom stereocenters. The van der Waals surface area contributed by atoms with Gasteiger partial charge in [-0.05, 0) is 36.0 Å². The topological polar surface area (TPSA) is 36.9 Å². The van der Waals surface area contributed by atoms with Gasteiger partial charge in [-0.3, -0.25) is 0 Å². The van der Waals surface area contributed by atoms with Crippen molar-refractivity contribution >= 4 is 17.1 Å². The summed E-state index contributed by atoms with van der Waals surface area (Å²) in [7, 11) is -0.329. The van der Waals surface area contributed by atoms with E-state index < -0.39 is 17.1 Å². The maximum absolute atomic E-state index is 5.91. The summed E-state index contributed by atoms with van der Waals surface area (Å²) < 4.78 is 22.9. The molecular formula is C18H44O4Si2. The van der Waals surface area contributed by atoms with Crippen molar-refractivity contribution in [2.45, 2.75) is 91.4 Å². The SMILES string of the molecule is CCO[Si](OCC)(C(C)C)C(C)C.CO[Si](OC)(C(C)C)C(C)C. The second-order valence-electron chi connectivity index (χ2n) is 7.34. The molecule has 0 aliphatic rings. The van der Waals surface area contributed by atoms with Crippen LogP contribution in [0.2, 0.25) is 22.2 Å². The van der Waals surface area contributed by atoms with Gasteiger partial charge in [-0.1, -0.05) is 55.4 Å². The Balaban J connectivity index is 0. The van der Waals surface area contributed by atoms with Crippen LogP contribution in [0, 0.1) is 0 Å². The molecule has 0 aliphatic heterocycles. The number of hydrogen-bond donors (Lipinski definition) is 0. The maximum Gasteiger partial charge on any atom is 0.343 e. The zero-order valence-corrected chi connectivity index (χ0v) is 20.4. The van der Waals surface area contributed by atoms with Crippen LogP contribution in [0.15, 0.2) is 0 Å². The van der Waals surface area contributed by atoms with Gasteiger partial charge in [0.25, 0.3) is 0 Å². The average Bonchev–Trinajstić information content (AvgIpc) is 2.48. The highest BCUT2D eigenvalue weighted by atomic mass is 28.4. The molecule has 0 N–H and O–H groups in total. The highest BCUT2D eigenvalue weighted by molar-refractivity contribution is 6.70. The summed E-state index contributed by atoms with van der Waals surface area (Å²) in [5, 5.41) is 0. The lowest BCUT2D eigenvalue weighted by molar-refractivity contribution is 0.167. The third kappa shape index (κ3) is 6.88. The van der Waals surface area contributed by atoms with Crippen LogP contribution in [0.1, 0.15) is 69.2 Å². The van der Waals surface area contributed by atoms with E-state index >= 15 is 0 Å². The van der Waals surface area contributed by atoms with Crippen molar-refractivity contribution in [3.8, 4) is 0 Å². The highest BCUT2D eigenvalue weighted by Gasteiger charge is 2.44. The second-order valence-corrected chi connectivity index (χ2v) is 16.2. The quantitative estimate of drug-likeness (QED) is 0.445. The summed E-state index contributed by atoms with van der Waals surface area (Å²) in [5.74, 6) is 0. The molecule has 0 saturated heterocycles. The lowest BCUT2D eigenvalue weighted by atomic mass is 10.5. The monoisotopic (exact) mass is 380 g/mol. The summed E-state index contributed by atoms with van der Waals surface area (Å²) >= 11 is 0.